The number of H-pyrrole nitrogens is 1. The van der Waals surface area contributed by atoms with E-state index in [0.717, 1.165) is 28.5 Å². The average Bonchev–Trinajstić information content (AvgIpc) is 3.49. The van der Waals surface area contributed by atoms with Crippen molar-refractivity contribution in [1.29, 1.82) is 0 Å². The Bertz CT molecular complexity index is 1650. The zero-order valence-corrected chi connectivity index (χ0v) is 19.9. The molecular weight excluding hydrogens is 474 g/mol. The Kier molecular flexibility index (Phi) is 4.58. The van der Waals surface area contributed by atoms with E-state index in [9.17, 15) is 9.59 Å². The van der Waals surface area contributed by atoms with Gasteiger partial charge in [-0.3, -0.25) is 14.7 Å². The maximum Gasteiger partial charge on any atom is 0.275 e. The molecule has 2 bridgehead atoms. The summed E-state index contributed by atoms with van der Waals surface area (Å²) >= 11 is 1.26. The largest absolute Gasteiger partial charge is 0.396 e. The molecule has 3 aliphatic heterocycles. The number of piperazine rings is 1. The smallest absolute Gasteiger partial charge is 0.275 e. The minimum Gasteiger partial charge on any atom is -0.396 e. The SMILES string of the molecule is Nc1c(C(=O)N2CC3CC(C2)N3C(=O)c2n[nH]c3cc(-c4ccccc4)ccc23)sc2nccnc12. The summed E-state index contributed by atoms with van der Waals surface area (Å²) in [6, 6.07) is 16.0. The Hall–Kier alpha value is -4.31. The van der Waals surface area contributed by atoms with Crippen LogP contribution in [-0.2, 0) is 0 Å². The number of piperidine rings is 1. The summed E-state index contributed by atoms with van der Waals surface area (Å²) in [4.78, 5) is 40.1. The van der Waals surface area contributed by atoms with Gasteiger partial charge in [0.2, 0.25) is 0 Å². The number of fused-ring (bicyclic) bond motifs is 4. The fraction of sp³-hybridized carbons (Fsp3) is 0.192. The number of hydrogen-bond acceptors (Lipinski definition) is 7. The Labute approximate surface area is 209 Å². The molecule has 6 heterocycles. The number of aromatic nitrogens is 4. The molecule has 2 unspecified atom stereocenters. The molecule has 3 fully saturated rings. The molecule has 0 saturated carbocycles. The van der Waals surface area contributed by atoms with Gasteiger partial charge in [0.05, 0.1) is 23.3 Å². The standard InChI is InChI=1S/C26H21N7O2S/c27-20-22-24(29-9-8-28-22)36-23(20)26(35)32-12-16-11-17(13-32)33(16)25(34)21-18-7-6-15(10-19(18)30-31-21)14-4-2-1-3-5-14/h1-10,16-17H,11-13,27H2,(H,30,31). The molecule has 5 aromatic rings. The Balaban J connectivity index is 1.11. The highest BCUT2D eigenvalue weighted by atomic mass is 32.1. The summed E-state index contributed by atoms with van der Waals surface area (Å²) in [6.07, 6.45) is 4.04. The molecule has 10 heteroatoms. The van der Waals surface area contributed by atoms with Crippen LogP contribution in [0.3, 0.4) is 0 Å². The van der Waals surface area contributed by atoms with Crippen molar-refractivity contribution in [2.45, 2.75) is 18.5 Å². The van der Waals surface area contributed by atoms with Crippen molar-refractivity contribution in [2.24, 2.45) is 0 Å². The number of carbonyl (C=O) groups excluding carboxylic acids is 2. The molecule has 3 aromatic heterocycles. The molecule has 0 aliphatic carbocycles. The zero-order chi connectivity index (χ0) is 24.4. The molecule has 3 N–H and O–H groups in total. The van der Waals surface area contributed by atoms with Crippen molar-refractivity contribution in [3.05, 3.63) is 71.5 Å². The van der Waals surface area contributed by atoms with E-state index >= 15 is 0 Å². The van der Waals surface area contributed by atoms with Gasteiger partial charge in [-0.15, -0.1) is 11.3 Å². The number of nitrogens with zero attached hydrogens (tertiary/aromatic N) is 5. The number of anilines is 1. The van der Waals surface area contributed by atoms with Crippen LogP contribution in [-0.4, -0.2) is 67.0 Å². The number of nitrogens with two attached hydrogens (primary N) is 1. The maximum atomic E-state index is 13.5. The number of carbonyl (C=O) groups is 2. The number of amides is 2. The quantitative estimate of drug-likeness (QED) is 0.395. The summed E-state index contributed by atoms with van der Waals surface area (Å²) in [5.74, 6) is -0.227. The molecule has 3 aliphatic rings. The van der Waals surface area contributed by atoms with Gasteiger partial charge in [0.15, 0.2) is 5.69 Å². The summed E-state index contributed by atoms with van der Waals surface area (Å²) in [5, 5.41) is 8.20. The number of thiophene rings is 1. The van der Waals surface area contributed by atoms with Crippen molar-refractivity contribution in [2.75, 3.05) is 18.8 Å². The minimum absolute atomic E-state index is 0.0394. The van der Waals surface area contributed by atoms with Crippen LogP contribution in [0.5, 0.6) is 0 Å². The summed E-state index contributed by atoms with van der Waals surface area (Å²) < 4.78 is 0. The normalized spacial score (nSPS) is 19.0. The van der Waals surface area contributed by atoms with Gasteiger partial charge in [-0.1, -0.05) is 36.4 Å². The molecule has 8 rings (SSSR count). The lowest BCUT2D eigenvalue weighted by molar-refractivity contribution is -0.0398. The highest BCUT2D eigenvalue weighted by Crippen LogP contribution is 2.38. The van der Waals surface area contributed by atoms with Gasteiger partial charge < -0.3 is 15.5 Å². The highest BCUT2D eigenvalue weighted by Gasteiger charge is 2.49. The zero-order valence-electron chi connectivity index (χ0n) is 19.1. The first kappa shape index (κ1) is 21.0. The third kappa shape index (κ3) is 3.11. The molecule has 0 radical (unpaired) electrons. The maximum absolute atomic E-state index is 13.5. The third-order valence-electron chi connectivity index (χ3n) is 7.14. The number of nitrogen functional groups attached to an aromatic ring is 1. The van der Waals surface area contributed by atoms with Crippen LogP contribution in [0.1, 0.15) is 26.6 Å². The first-order valence-electron chi connectivity index (χ1n) is 11.7. The lowest BCUT2D eigenvalue weighted by atomic mass is 9.86. The Morgan fingerprint density at radius 2 is 1.75 bits per heavy atom. The average molecular weight is 496 g/mol. The fourth-order valence-corrected chi connectivity index (χ4v) is 6.36. The molecule has 2 amide bonds. The van der Waals surface area contributed by atoms with E-state index in [0.29, 0.717) is 39.7 Å². The number of nitrogens with one attached hydrogen (secondary N) is 1. The summed E-state index contributed by atoms with van der Waals surface area (Å²) in [6.45, 7) is 0.937. The van der Waals surface area contributed by atoms with Crippen LogP contribution in [0.4, 0.5) is 5.69 Å². The summed E-state index contributed by atoms with van der Waals surface area (Å²) in [5.41, 5.74) is 10.6. The van der Waals surface area contributed by atoms with Gasteiger partial charge in [0.25, 0.3) is 11.8 Å². The second-order valence-electron chi connectivity index (χ2n) is 9.22. The van der Waals surface area contributed by atoms with E-state index in [4.69, 9.17) is 5.73 Å². The van der Waals surface area contributed by atoms with Crippen LogP contribution >= 0.6 is 11.3 Å². The van der Waals surface area contributed by atoms with Gasteiger partial charge in [0, 0.05) is 30.9 Å². The van der Waals surface area contributed by atoms with Gasteiger partial charge >= 0.3 is 0 Å². The second kappa shape index (κ2) is 7.85. The van der Waals surface area contributed by atoms with E-state index < -0.39 is 0 Å². The van der Waals surface area contributed by atoms with Crippen molar-refractivity contribution in [1.82, 2.24) is 30.0 Å². The number of rotatable bonds is 3. The van der Waals surface area contributed by atoms with E-state index in [1.165, 1.54) is 11.3 Å². The molecule has 2 atom stereocenters. The van der Waals surface area contributed by atoms with Crippen molar-refractivity contribution in [3.63, 3.8) is 0 Å². The monoisotopic (exact) mass is 495 g/mol. The number of aromatic amines is 1. The Morgan fingerprint density at radius 3 is 2.53 bits per heavy atom. The molecule has 36 heavy (non-hydrogen) atoms. The first-order chi connectivity index (χ1) is 17.6. The van der Waals surface area contributed by atoms with Crippen molar-refractivity contribution >= 4 is 50.1 Å². The second-order valence-corrected chi connectivity index (χ2v) is 10.2. The fourth-order valence-electron chi connectivity index (χ4n) is 5.37. The predicted molar refractivity (Wildman–Crippen MR) is 138 cm³/mol. The predicted octanol–water partition coefficient (Wildman–Crippen LogP) is 3.56. The van der Waals surface area contributed by atoms with E-state index in [1.807, 2.05) is 41.3 Å². The topological polar surface area (TPSA) is 121 Å². The van der Waals surface area contributed by atoms with Gasteiger partial charge in [-0.05, 0) is 29.7 Å². The van der Waals surface area contributed by atoms with E-state index in [1.54, 1.807) is 17.3 Å². The van der Waals surface area contributed by atoms with Crippen LogP contribution in [0.2, 0.25) is 0 Å². The molecule has 178 valence electrons. The van der Waals surface area contributed by atoms with Crippen LogP contribution in [0, 0.1) is 0 Å². The van der Waals surface area contributed by atoms with E-state index in [-0.39, 0.29) is 23.9 Å². The lowest BCUT2D eigenvalue weighted by Crippen LogP contribution is -2.70. The number of hydrogen-bond donors (Lipinski definition) is 2. The van der Waals surface area contributed by atoms with Gasteiger partial charge in [-0.2, -0.15) is 5.10 Å². The molecular formula is C26H21N7O2S. The highest BCUT2D eigenvalue weighted by molar-refractivity contribution is 7.21. The first-order valence-corrected chi connectivity index (χ1v) is 12.5. The minimum atomic E-state index is -0.127. The molecule has 9 nitrogen and oxygen atoms in total. The molecule has 0 spiro atoms. The lowest BCUT2D eigenvalue weighted by Gasteiger charge is -2.55. The van der Waals surface area contributed by atoms with Gasteiger partial charge in [-0.25, -0.2) is 9.97 Å². The van der Waals surface area contributed by atoms with Crippen LogP contribution in [0.25, 0.3) is 32.4 Å². The summed E-state index contributed by atoms with van der Waals surface area (Å²) in [7, 11) is 0. The van der Waals surface area contributed by atoms with Crippen molar-refractivity contribution in [3.8, 4) is 11.1 Å². The Morgan fingerprint density at radius 1 is 0.972 bits per heavy atom. The molecule has 3 saturated heterocycles. The van der Waals surface area contributed by atoms with Crippen LogP contribution in [0.15, 0.2) is 60.9 Å². The van der Waals surface area contributed by atoms with Crippen molar-refractivity contribution < 1.29 is 9.59 Å². The third-order valence-corrected chi connectivity index (χ3v) is 8.24. The van der Waals surface area contributed by atoms with E-state index in [2.05, 4.69) is 32.3 Å². The van der Waals surface area contributed by atoms with Crippen LogP contribution < -0.4 is 5.73 Å². The number of benzene rings is 2. The molecule has 2 aromatic carbocycles. The van der Waals surface area contributed by atoms with Gasteiger partial charge in [0.1, 0.15) is 15.2 Å².